The molecule has 1 aromatic heterocycles. The molecule has 0 saturated carbocycles. The van der Waals surface area contributed by atoms with Crippen molar-refractivity contribution in [3.8, 4) is 0 Å². The number of nitrogens with two attached hydrogens (primary N) is 1. The first-order valence-corrected chi connectivity index (χ1v) is 6.15. The molecule has 0 bridgehead atoms. The number of ether oxygens (including phenoxy) is 1. The van der Waals surface area contributed by atoms with Gasteiger partial charge in [0.05, 0.1) is 12.1 Å². The summed E-state index contributed by atoms with van der Waals surface area (Å²) in [6.07, 6.45) is 2.35. The number of hydrogen-bond acceptors (Lipinski definition) is 4. The van der Waals surface area contributed by atoms with Gasteiger partial charge in [-0.3, -0.25) is 9.48 Å². The minimum absolute atomic E-state index is 0.242. The van der Waals surface area contributed by atoms with Crippen LogP contribution in [0, 0.1) is 12.8 Å². The second-order valence-corrected chi connectivity index (χ2v) is 5.55. The fourth-order valence-electron chi connectivity index (χ4n) is 1.66. The standard InChI is InChI=1S/C13H23N3O2/c1-9-11(8-15-16(9)5)6-10(7-14)12(17)18-13(2,3)4/h8,10H,6-7,14H2,1-5H3. The van der Waals surface area contributed by atoms with Crippen molar-refractivity contribution in [2.45, 2.75) is 39.7 Å². The molecule has 0 aliphatic rings. The zero-order valence-electron chi connectivity index (χ0n) is 11.9. The monoisotopic (exact) mass is 253 g/mol. The lowest BCUT2D eigenvalue weighted by atomic mass is 10.00. The molecule has 0 radical (unpaired) electrons. The highest BCUT2D eigenvalue weighted by Gasteiger charge is 2.25. The van der Waals surface area contributed by atoms with Gasteiger partial charge < -0.3 is 10.5 Å². The third-order valence-electron chi connectivity index (χ3n) is 2.83. The Morgan fingerprint density at radius 1 is 1.56 bits per heavy atom. The fourth-order valence-corrected chi connectivity index (χ4v) is 1.66. The molecule has 1 heterocycles. The first-order chi connectivity index (χ1) is 8.24. The molecule has 1 rings (SSSR count). The Bertz CT molecular complexity index is 418. The topological polar surface area (TPSA) is 70.1 Å². The smallest absolute Gasteiger partial charge is 0.311 e. The minimum Gasteiger partial charge on any atom is -0.460 e. The summed E-state index contributed by atoms with van der Waals surface area (Å²) in [5, 5.41) is 4.16. The minimum atomic E-state index is -0.478. The summed E-state index contributed by atoms with van der Waals surface area (Å²) in [6.45, 7) is 7.82. The van der Waals surface area contributed by atoms with Crippen LogP contribution in [0.15, 0.2) is 6.20 Å². The lowest BCUT2D eigenvalue weighted by molar-refractivity contribution is -0.159. The summed E-state index contributed by atoms with van der Waals surface area (Å²) in [5.41, 5.74) is 7.28. The van der Waals surface area contributed by atoms with Crippen LogP contribution in [0.4, 0.5) is 0 Å². The number of rotatable bonds is 4. The van der Waals surface area contributed by atoms with Crippen LogP contribution in [0.25, 0.3) is 0 Å². The van der Waals surface area contributed by atoms with Crippen molar-refractivity contribution in [2.75, 3.05) is 6.54 Å². The van der Waals surface area contributed by atoms with Crippen molar-refractivity contribution in [3.63, 3.8) is 0 Å². The first kappa shape index (κ1) is 14.7. The van der Waals surface area contributed by atoms with Crippen LogP contribution in [-0.4, -0.2) is 27.9 Å². The molecule has 1 aromatic rings. The largest absolute Gasteiger partial charge is 0.460 e. The van der Waals surface area contributed by atoms with E-state index < -0.39 is 5.60 Å². The van der Waals surface area contributed by atoms with E-state index in [1.807, 2.05) is 34.7 Å². The Kier molecular flexibility index (Phi) is 4.51. The second-order valence-electron chi connectivity index (χ2n) is 5.55. The number of carbonyl (C=O) groups excluding carboxylic acids is 1. The number of hydrogen-bond donors (Lipinski definition) is 1. The van der Waals surface area contributed by atoms with Crippen LogP contribution in [0.1, 0.15) is 32.0 Å². The Hall–Kier alpha value is -1.36. The van der Waals surface area contributed by atoms with Crippen molar-refractivity contribution in [2.24, 2.45) is 18.7 Å². The Morgan fingerprint density at radius 3 is 2.56 bits per heavy atom. The molecule has 5 nitrogen and oxygen atoms in total. The molecule has 0 amide bonds. The van der Waals surface area contributed by atoms with Crippen LogP contribution >= 0.6 is 0 Å². The van der Waals surface area contributed by atoms with E-state index in [-0.39, 0.29) is 18.4 Å². The van der Waals surface area contributed by atoms with Crippen LogP contribution in [0.2, 0.25) is 0 Å². The lowest BCUT2D eigenvalue weighted by Crippen LogP contribution is -2.33. The summed E-state index contributed by atoms with van der Waals surface area (Å²) in [5.74, 6) is -0.555. The van der Waals surface area contributed by atoms with E-state index in [0.717, 1.165) is 11.3 Å². The average molecular weight is 253 g/mol. The predicted molar refractivity (Wildman–Crippen MR) is 70.0 cm³/mol. The first-order valence-electron chi connectivity index (χ1n) is 6.15. The van der Waals surface area contributed by atoms with Gasteiger partial charge in [-0.1, -0.05) is 0 Å². The van der Waals surface area contributed by atoms with E-state index in [0.29, 0.717) is 6.42 Å². The molecule has 0 aliphatic carbocycles. The van der Waals surface area contributed by atoms with Crippen LogP contribution in [0.5, 0.6) is 0 Å². The SMILES string of the molecule is Cc1c(CC(CN)C(=O)OC(C)(C)C)cnn1C. The van der Waals surface area contributed by atoms with Crippen LogP contribution < -0.4 is 5.73 Å². The maximum Gasteiger partial charge on any atom is 0.311 e. The molecule has 1 atom stereocenters. The zero-order chi connectivity index (χ0) is 13.9. The van der Waals surface area contributed by atoms with Gasteiger partial charge in [0.1, 0.15) is 5.60 Å². The van der Waals surface area contributed by atoms with Gasteiger partial charge in [0.25, 0.3) is 0 Å². The highest BCUT2D eigenvalue weighted by Crippen LogP contribution is 2.16. The molecule has 1 unspecified atom stereocenters. The second kappa shape index (κ2) is 5.52. The molecule has 2 N–H and O–H groups in total. The van der Waals surface area contributed by atoms with Crippen LogP contribution in [-0.2, 0) is 23.0 Å². The van der Waals surface area contributed by atoms with E-state index in [9.17, 15) is 4.79 Å². The number of carbonyl (C=O) groups is 1. The summed E-state index contributed by atoms with van der Waals surface area (Å²) >= 11 is 0. The molecule has 5 heteroatoms. The highest BCUT2D eigenvalue weighted by atomic mass is 16.6. The Morgan fingerprint density at radius 2 is 2.17 bits per heavy atom. The van der Waals surface area contributed by atoms with Crippen molar-refractivity contribution < 1.29 is 9.53 Å². The van der Waals surface area contributed by atoms with Gasteiger partial charge in [-0.05, 0) is 39.7 Å². The maximum absolute atomic E-state index is 12.0. The molecule has 0 spiro atoms. The van der Waals surface area contributed by atoms with Crippen molar-refractivity contribution >= 4 is 5.97 Å². The van der Waals surface area contributed by atoms with Gasteiger partial charge in [-0.15, -0.1) is 0 Å². The third-order valence-corrected chi connectivity index (χ3v) is 2.83. The number of esters is 1. The summed E-state index contributed by atoms with van der Waals surface area (Å²) in [6, 6.07) is 0. The molecular weight excluding hydrogens is 230 g/mol. The third kappa shape index (κ3) is 3.84. The Labute approximate surface area is 108 Å². The van der Waals surface area contributed by atoms with Gasteiger partial charge >= 0.3 is 5.97 Å². The fraction of sp³-hybridized carbons (Fsp3) is 0.692. The Balaban J connectivity index is 2.73. The summed E-state index contributed by atoms with van der Waals surface area (Å²) < 4.78 is 7.15. The molecule has 0 saturated heterocycles. The van der Waals surface area contributed by atoms with E-state index in [1.165, 1.54) is 0 Å². The van der Waals surface area contributed by atoms with E-state index in [1.54, 1.807) is 10.9 Å². The molecule has 0 aliphatic heterocycles. The van der Waals surface area contributed by atoms with Gasteiger partial charge in [0, 0.05) is 19.3 Å². The number of aromatic nitrogens is 2. The van der Waals surface area contributed by atoms with E-state index in [2.05, 4.69) is 5.10 Å². The van der Waals surface area contributed by atoms with E-state index in [4.69, 9.17) is 10.5 Å². The molecule has 0 fully saturated rings. The molecule has 0 aromatic carbocycles. The van der Waals surface area contributed by atoms with E-state index >= 15 is 0 Å². The van der Waals surface area contributed by atoms with Crippen molar-refractivity contribution in [3.05, 3.63) is 17.5 Å². The lowest BCUT2D eigenvalue weighted by Gasteiger charge is -2.23. The predicted octanol–water partition coefficient (Wildman–Crippen LogP) is 1.19. The van der Waals surface area contributed by atoms with Gasteiger partial charge in [-0.25, -0.2) is 0 Å². The van der Waals surface area contributed by atoms with Gasteiger partial charge in [0.2, 0.25) is 0 Å². The number of nitrogens with zero attached hydrogens (tertiary/aromatic N) is 2. The van der Waals surface area contributed by atoms with Gasteiger partial charge in [-0.2, -0.15) is 5.10 Å². The summed E-state index contributed by atoms with van der Waals surface area (Å²) in [4.78, 5) is 12.0. The average Bonchev–Trinajstić information content (AvgIpc) is 2.54. The molecule has 102 valence electrons. The summed E-state index contributed by atoms with van der Waals surface area (Å²) in [7, 11) is 1.88. The zero-order valence-corrected chi connectivity index (χ0v) is 11.9. The van der Waals surface area contributed by atoms with Crippen molar-refractivity contribution in [1.82, 2.24) is 9.78 Å². The highest BCUT2D eigenvalue weighted by molar-refractivity contribution is 5.73. The molecule has 18 heavy (non-hydrogen) atoms. The van der Waals surface area contributed by atoms with Gasteiger partial charge in [0.15, 0.2) is 0 Å². The van der Waals surface area contributed by atoms with Crippen LogP contribution in [0.3, 0.4) is 0 Å². The number of aryl methyl sites for hydroxylation is 1. The van der Waals surface area contributed by atoms with Crippen molar-refractivity contribution in [1.29, 1.82) is 0 Å². The quantitative estimate of drug-likeness (QED) is 0.818. The molecular formula is C13H23N3O2. The normalized spacial score (nSPS) is 13.4. The maximum atomic E-state index is 12.0.